The molecule has 0 bridgehead atoms. The third-order valence-electron chi connectivity index (χ3n) is 3.33. The predicted molar refractivity (Wildman–Crippen MR) is 81.7 cm³/mol. The lowest BCUT2D eigenvalue weighted by atomic mass is 10.00. The average Bonchev–Trinajstić information content (AvgIpc) is 2.51. The number of rotatable bonds is 3. The van der Waals surface area contributed by atoms with Gasteiger partial charge in [-0.2, -0.15) is 0 Å². The molecule has 2 nitrogen and oxygen atoms in total. The van der Waals surface area contributed by atoms with Gasteiger partial charge in [-0.05, 0) is 22.8 Å². The molecule has 0 unspecified atom stereocenters. The van der Waals surface area contributed by atoms with E-state index in [2.05, 4.69) is 35.3 Å². The maximum absolute atomic E-state index is 11.7. The summed E-state index contributed by atoms with van der Waals surface area (Å²) in [5.41, 5.74) is 4.28. The van der Waals surface area contributed by atoms with Crippen molar-refractivity contribution in [2.45, 2.75) is 6.42 Å². The van der Waals surface area contributed by atoms with E-state index in [9.17, 15) is 4.79 Å². The average molecular weight is 261 g/mol. The second-order valence-electron chi connectivity index (χ2n) is 4.77. The molecular formula is C18H15NO. The van der Waals surface area contributed by atoms with Crippen molar-refractivity contribution in [2.75, 3.05) is 0 Å². The highest BCUT2D eigenvalue weighted by Gasteiger charge is 2.02. The lowest BCUT2D eigenvalue weighted by Gasteiger charge is -2.05. The topological polar surface area (TPSA) is 32.9 Å². The van der Waals surface area contributed by atoms with Gasteiger partial charge in [0.2, 0.25) is 0 Å². The monoisotopic (exact) mass is 261 g/mol. The number of aromatic amines is 1. The molecule has 0 spiro atoms. The molecule has 20 heavy (non-hydrogen) atoms. The molecule has 2 heteroatoms. The molecule has 2 aromatic carbocycles. The van der Waals surface area contributed by atoms with Gasteiger partial charge in [-0.3, -0.25) is 4.79 Å². The number of hydrogen-bond donors (Lipinski definition) is 1. The fourth-order valence-corrected chi connectivity index (χ4v) is 2.31. The first-order valence-corrected chi connectivity index (χ1v) is 6.64. The van der Waals surface area contributed by atoms with Gasteiger partial charge in [0.1, 0.15) is 0 Å². The molecular weight excluding hydrogens is 246 g/mol. The summed E-state index contributed by atoms with van der Waals surface area (Å²) in [6, 6.07) is 22.3. The standard InChI is InChI=1S/C18H15NO/c20-18-17(10-5-11-19-18)13-14-6-4-9-16(12-14)15-7-2-1-3-8-15/h1-12H,13H2,(H,19,20). The van der Waals surface area contributed by atoms with E-state index in [4.69, 9.17) is 0 Å². The van der Waals surface area contributed by atoms with Crippen LogP contribution in [0.25, 0.3) is 11.1 Å². The molecule has 0 radical (unpaired) electrons. The normalized spacial score (nSPS) is 10.4. The Balaban J connectivity index is 1.93. The first kappa shape index (κ1) is 12.4. The van der Waals surface area contributed by atoms with Gasteiger partial charge in [0.25, 0.3) is 5.56 Å². The van der Waals surface area contributed by atoms with Gasteiger partial charge in [-0.1, -0.05) is 60.7 Å². The molecule has 1 N–H and O–H groups in total. The first-order chi connectivity index (χ1) is 9.83. The van der Waals surface area contributed by atoms with Crippen LogP contribution in [0, 0.1) is 0 Å². The van der Waals surface area contributed by atoms with Crippen molar-refractivity contribution < 1.29 is 0 Å². The van der Waals surface area contributed by atoms with Crippen LogP contribution < -0.4 is 5.56 Å². The summed E-state index contributed by atoms with van der Waals surface area (Å²) in [6.45, 7) is 0. The summed E-state index contributed by atoms with van der Waals surface area (Å²) >= 11 is 0. The van der Waals surface area contributed by atoms with Gasteiger partial charge < -0.3 is 4.98 Å². The summed E-state index contributed by atoms with van der Waals surface area (Å²) in [5.74, 6) is 0. The summed E-state index contributed by atoms with van der Waals surface area (Å²) in [5, 5.41) is 0. The molecule has 98 valence electrons. The van der Waals surface area contributed by atoms with Crippen LogP contribution in [0.15, 0.2) is 77.7 Å². The molecule has 0 saturated heterocycles. The Bertz CT molecular complexity index is 759. The number of hydrogen-bond acceptors (Lipinski definition) is 1. The van der Waals surface area contributed by atoms with Crippen molar-refractivity contribution in [3.8, 4) is 11.1 Å². The van der Waals surface area contributed by atoms with Crippen LogP contribution in [-0.4, -0.2) is 4.98 Å². The molecule has 0 fully saturated rings. The van der Waals surface area contributed by atoms with Crippen LogP contribution >= 0.6 is 0 Å². The SMILES string of the molecule is O=c1[nH]cccc1Cc1cccc(-c2ccccc2)c1. The largest absolute Gasteiger partial charge is 0.329 e. The maximum atomic E-state index is 11.7. The van der Waals surface area contributed by atoms with E-state index >= 15 is 0 Å². The second-order valence-corrected chi connectivity index (χ2v) is 4.77. The van der Waals surface area contributed by atoms with Gasteiger partial charge in [0, 0.05) is 18.2 Å². The molecule has 0 aliphatic heterocycles. The molecule has 1 heterocycles. The number of aromatic nitrogens is 1. The highest BCUT2D eigenvalue weighted by atomic mass is 16.1. The van der Waals surface area contributed by atoms with Gasteiger partial charge >= 0.3 is 0 Å². The summed E-state index contributed by atoms with van der Waals surface area (Å²) in [4.78, 5) is 14.4. The van der Waals surface area contributed by atoms with E-state index < -0.39 is 0 Å². The molecule has 1 aromatic heterocycles. The Morgan fingerprint density at radius 2 is 1.60 bits per heavy atom. The van der Waals surface area contributed by atoms with Gasteiger partial charge in [0.05, 0.1) is 0 Å². The number of pyridine rings is 1. The van der Waals surface area contributed by atoms with Crippen LogP contribution in [0.3, 0.4) is 0 Å². The van der Waals surface area contributed by atoms with Crippen molar-refractivity contribution in [3.63, 3.8) is 0 Å². The lowest BCUT2D eigenvalue weighted by Crippen LogP contribution is -2.11. The minimum absolute atomic E-state index is 0.0161. The number of H-pyrrole nitrogens is 1. The zero-order valence-corrected chi connectivity index (χ0v) is 11.0. The zero-order valence-electron chi connectivity index (χ0n) is 11.0. The number of nitrogens with one attached hydrogen (secondary N) is 1. The van der Waals surface area contributed by atoms with E-state index in [1.165, 1.54) is 11.1 Å². The first-order valence-electron chi connectivity index (χ1n) is 6.64. The molecule has 3 rings (SSSR count). The predicted octanol–water partition coefficient (Wildman–Crippen LogP) is 3.63. The van der Waals surface area contributed by atoms with Crippen molar-refractivity contribution >= 4 is 0 Å². The van der Waals surface area contributed by atoms with Crippen LogP contribution in [0.1, 0.15) is 11.1 Å². The molecule has 0 aliphatic carbocycles. The molecule has 0 atom stereocenters. The second kappa shape index (κ2) is 5.57. The van der Waals surface area contributed by atoms with E-state index in [1.54, 1.807) is 6.20 Å². The molecule has 0 aliphatic rings. The van der Waals surface area contributed by atoms with E-state index in [0.717, 1.165) is 11.1 Å². The van der Waals surface area contributed by atoms with Crippen molar-refractivity contribution in [1.29, 1.82) is 0 Å². The lowest BCUT2D eigenvalue weighted by molar-refractivity contribution is 1.09. The third kappa shape index (κ3) is 2.69. The van der Waals surface area contributed by atoms with E-state index in [0.29, 0.717) is 6.42 Å². The Hall–Kier alpha value is -2.61. The zero-order chi connectivity index (χ0) is 13.8. The number of benzene rings is 2. The van der Waals surface area contributed by atoms with Gasteiger partial charge in [-0.15, -0.1) is 0 Å². The molecule has 0 saturated carbocycles. The summed E-state index contributed by atoms with van der Waals surface area (Å²) in [6.07, 6.45) is 2.31. The minimum Gasteiger partial charge on any atom is -0.329 e. The Morgan fingerprint density at radius 3 is 2.40 bits per heavy atom. The van der Waals surface area contributed by atoms with Crippen molar-refractivity contribution in [3.05, 3.63) is 94.4 Å². The quantitative estimate of drug-likeness (QED) is 0.767. The van der Waals surface area contributed by atoms with Crippen LogP contribution in [0.2, 0.25) is 0 Å². The molecule has 0 amide bonds. The van der Waals surface area contributed by atoms with Gasteiger partial charge in [0.15, 0.2) is 0 Å². The highest BCUT2D eigenvalue weighted by Crippen LogP contribution is 2.20. The van der Waals surface area contributed by atoms with Crippen LogP contribution in [0.4, 0.5) is 0 Å². The summed E-state index contributed by atoms with van der Waals surface area (Å²) in [7, 11) is 0. The minimum atomic E-state index is -0.0161. The Labute approximate surface area is 117 Å². The van der Waals surface area contributed by atoms with E-state index in [1.807, 2.05) is 36.4 Å². The van der Waals surface area contributed by atoms with Crippen molar-refractivity contribution in [1.82, 2.24) is 4.98 Å². The van der Waals surface area contributed by atoms with Crippen LogP contribution in [-0.2, 0) is 6.42 Å². The molecule has 3 aromatic rings. The Morgan fingerprint density at radius 1 is 0.800 bits per heavy atom. The fraction of sp³-hybridized carbons (Fsp3) is 0.0556. The van der Waals surface area contributed by atoms with Crippen LogP contribution in [0.5, 0.6) is 0 Å². The van der Waals surface area contributed by atoms with Crippen molar-refractivity contribution in [2.24, 2.45) is 0 Å². The smallest absolute Gasteiger partial charge is 0.251 e. The fourth-order valence-electron chi connectivity index (χ4n) is 2.31. The maximum Gasteiger partial charge on any atom is 0.251 e. The summed E-state index contributed by atoms with van der Waals surface area (Å²) < 4.78 is 0. The third-order valence-corrected chi connectivity index (χ3v) is 3.33. The van der Waals surface area contributed by atoms with E-state index in [-0.39, 0.29) is 5.56 Å². The Kier molecular flexibility index (Phi) is 3.46. The van der Waals surface area contributed by atoms with Gasteiger partial charge in [-0.25, -0.2) is 0 Å². The highest BCUT2D eigenvalue weighted by molar-refractivity contribution is 5.64.